The normalized spacial score (nSPS) is 22.1. The van der Waals surface area contributed by atoms with Crippen LogP contribution in [0.3, 0.4) is 0 Å². The van der Waals surface area contributed by atoms with Gasteiger partial charge in [-0.05, 0) is 47.4 Å². The smallest absolute Gasteiger partial charge is 0.317 e. The van der Waals surface area contributed by atoms with Gasteiger partial charge in [-0.15, -0.1) is 0 Å². The number of para-hydroxylation sites is 1. The fourth-order valence-electron chi connectivity index (χ4n) is 9.82. The van der Waals surface area contributed by atoms with Crippen LogP contribution in [0.1, 0.15) is 68.2 Å². The molecular weight excluding hydrogens is 925 g/mol. The Hall–Kier alpha value is -6.49. The molecule has 5 amide bonds. The first-order valence-electron chi connectivity index (χ1n) is 24.1. The summed E-state index contributed by atoms with van der Waals surface area (Å²) in [6.07, 6.45) is -0.795. The van der Waals surface area contributed by atoms with E-state index >= 15 is 0 Å². The van der Waals surface area contributed by atoms with Gasteiger partial charge in [-0.25, -0.2) is 0 Å². The van der Waals surface area contributed by atoms with Gasteiger partial charge in [-0.3, -0.25) is 62.8 Å². The number of nitrogens with zero attached hydrogens (tertiary/aromatic N) is 5. The first kappa shape index (κ1) is 53.9. The van der Waals surface area contributed by atoms with Crippen molar-refractivity contribution in [2.45, 2.75) is 108 Å². The van der Waals surface area contributed by atoms with Crippen LogP contribution in [-0.4, -0.2) is 191 Å². The maximum atomic E-state index is 14.6. The number of hydrogen-bond donors (Lipinski definition) is 6. The Morgan fingerprint density at radius 2 is 1.42 bits per heavy atom. The Morgan fingerprint density at radius 1 is 0.817 bits per heavy atom. The third-order valence-corrected chi connectivity index (χ3v) is 13.8. The van der Waals surface area contributed by atoms with Crippen LogP contribution in [0.25, 0.3) is 0 Å². The number of carboxylic acids is 3. The number of carbonyl (C=O) groups excluding carboxylic acids is 6. The Kier molecular flexibility index (Phi) is 18.6. The van der Waals surface area contributed by atoms with Crippen LogP contribution in [0.15, 0.2) is 42.5 Å². The topological polar surface area (TPSA) is 285 Å². The van der Waals surface area contributed by atoms with Gasteiger partial charge in [0.2, 0.25) is 35.8 Å². The molecule has 2 aromatic rings. The van der Waals surface area contributed by atoms with Gasteiger partial charge in [0, 0.05) is 72.8 Å². The second-order valence-corrected chi connectivity index (χ2v) is 18.8. The highest BCUT2D eigenvalue weighted by Crippen LogP contribution is 2.39. The van der Waals surface area contributed by atoms with Crippen LogP contribution < -0.4 is 20.9 Å². The van der Waals surface area contributed by atoms with Crippen molar-refractivity contribution < 1.29 is 67.9 Å². The van der Waals surface area contributed by atoms with E-state index in [2.05, 4.69) is 20.9 Å². The molecule has 2 saturated heterocycles. The van der Waals surface area contributed by atoms with E-state index in [0.29, 0.717) is 69.9 Å². The van der Waals surface area contributed by atoms with Gasteiger partial charge >= 0.3 is 23.9 Å². The van der Waals surface area contributed by atoms with Crippen molar-refractivity contribution in [1.29, 1.82) is 0 Å². The minimum absolute atomic E-state index is 0.110. The summed E-state index contributed by atoms with van der Waals surface area (Å²) in [5, 5.41) is 36.8. The van der Waals surface area contributed by atoms with Gasteiger partial charge in [0.1, 0.15) is 30.2 Å². The quantitative estimate of drug-likeness (QED) is 0.0886. The summed E-state index contributed by atoms with van der Waals surface area (Å²) in [7, 11) is 2.76. The molecule has 0 aromatic heterocycles. The number of cyclic esters (lactones) is 1. The highest BCUT2D eigenvalue weighted by molar-refractivity contribution is 6.08. The lowest BCUT2D eigenvalue weighted by Gasteiger charge is -2.35. The van der Waals surface area contributed by atoms with Crippen molar-refractivity contribution in [3.63, 3.8) is 0 Å². The average molecular weight is 991 g/mol. The first-order chi connectivity index (χ1) is 33.8. The number of carboxylic acid groups (broad SMARTS) is 3. The number of likely N-dealkylation sites (N-methyl/N-ethyl adjacent to an activating group) is 1. The molecule has 2 aromatic carbocycles. The minimum Gasteiger partial charge on any atom is -0.481 e. The second-order valence-electron chi connectivity index (χ2n) is 18.8. The Bertz CT molecular complexity index is 2290. The van der Waals surface area contributed by atoms with Gasteiger partial charge in [0.05, 0.1) is 31.6 Å². The van der Waals surface area contributed by atoms with Crippen LogP contribution in [0.5, 0.6) is 0 Å². The first-order valence-corrected chi connectivity index (χ1v) is 24.1. The third kappa shape index (κ3) is 14.1. The summed E-state index contributed by atoms with van der Waals surface area (Å²) >= 11 is 0. The van der Waals surface area contributed by atoms with Gasteiger partial charge in [0.15, 0.2) is 0 Å². The molecule has 7 atom stereocenters. The van der Waals surface area contributed by atoms with Crippen molar-refractivity contribution in [2.75, 3.05) is 71.4 Å². The van der Waals surface area contributed by atoms with Gasteiger partial charge in [-0.2, -0.15) is 0 Å². The zero-order chi connectivity index (χ0) is 51.5. The summed E-state index contributed by atoms with van der Waals surface area (Å²) in [5.74, 6) is -7.09. The van der Waals surface area contributed by atoms with Gasteiger partial charge in [-0.1, -0.05) is 62.7 Å². The number of rotatable bonds is 21. The fourth-order valence-corrected chi connectivity index (χ4v) is 9.82. The second kappa shape index (κ2) is 24.6. The minimum atomic E-state index is -1.32. The number of anilines is 1. The number of aryl methyl sites for hydroxylation is 1. The number of esters is 1. The molecule has 0 spiro atoms. The summed E-state index contributed by atoms with van der Waals surface area (Å²) in [4.78, 5) is 126. The molecule has 4 aliphatic heterocycles. The van der Waals surface area contributed by atoms with E-state index in [4.69, 9.17) is 9.47 Å². The largest absolute Gasteiger partial charge is 0.481 e. The van der Waals surface area contributed by atoms with Crippen LogP contribution in [0.4, 0.5) is 5.69 Å². The van der Waals surface area contributed by atoms with E-state index in [1.54, 1.807) is 28.9 Å². The predicted molar refractivity (Wildman–Crippen MR) is 253 cm³/mol. The van der Waals surface area contributed by atoms with E-state index in [0.717, 1.165) is 16.7 Å². The van der Waals surface area contributed by atoms with E-state index in [1.807, 2.05) is 37.3 Å². The van der Waals surface area contributed by atoms with Crippen LogP contribution in [0, 0.1) is 5.92 Å². The maximum Gasteiger partial charge on any atom is 0.317 e. The fraction of sp³-hybridized carbons (Fsp3) is 0.571. The molecule has 22 nitrogen and oxygen atoms in total. The maximum absolute atomic E-state index is 14.6. The summed E-state index contributed by atoms with van der Waals surface area (Å²) in [5.41, 5.74) is 3.68. The molecule has 4 heterocycles. The van der Waals surface area contributed by atoms with Crippen molar-refractivity contribution >= 4 is 59.1 Å². The Balaban J connectivity index is 1.11. The van der Waals surface area contributed by atoms with Crippen molar-refractivity contribution in [3.05, 3.63) is 64.7 Å². The average Bonchev–Trinajstić information content (AvgIpc) is 3.88. The van der Waals surface area contributed by atoms with Gasteiger partial charge in [0.25, 0.3) is 0 Å². The molecule has 3 unspecified atom stereocenters. The number of aliphatic carboxylic acids is 3. The summed E-state index contributed by atoms with van der Waals surface area (Å²) < 4.78 is 10.4. The SMILES string of the molecule is CC[C@H](C)C(C(=O)N[C@H]1CCc2cccc3c2N(C1=O)[C@H](C(=O)NC1CC(=O)OC1OC)C3)N(C)C(=O)[C@H](CCC(=O)O)NC(=O)Cc1ccc(CN2CCN(CC(=O)O)CCN(CC(=O)O)CC2)cc1. The Labute approximate surface area is 411 Å². The molecule has 2 fully saturated rings. The van der Waals surface area contributed by atoms with Crippen molar-refractivity contribution in [1.82, 2.24) is 35.6 Å². The standard InChI is InChI=1S/C49H66N8O14/c1-5-29(2)43(46(67)51-35-14-13-32-7-6-8-33-24-37(57(44(32)33)48(35)69)45(66)52-36-25-42(65)71-49(36)70-4)53(3)47(68)34(15-16-39(59)60)50-38(58)23-30-9-11-31(12-10-30)26-54-17-19-55(27-40(61)62)21-22-56(20-18-54)28-41(63)64/h6-12,29,34-37,43,49H,5,13-28H2,1-4H3,(H,50,58)(H,51,67)(H,52,66)(H,59,60)(H,61,62)(H,63,64)/t29-,34-,35-,36?,37-,43?,49?/m0/s1. The van der Waals surface area contributed by atoms with E-state index < -0.39 is 102 Å². The molecule has 22 heteroatoms. The summed E-state index contributed by atoms with van der Waals surface area (Å²) in [6.45, 7) is 6.62. The molecule has 0 aliphatic carbocycles. The number of hydrogen-bond acceptors (Lipinski definition) is 14. The number of amides is 5. The number of ether oxygens (including phenoxy) is 2. The highest BCUT2D eigenvalue weighted by atomic mass is 16.7. The molecule has 6 N–H and O–H groups in total. The zero-order valence-electron chi connectivity index (χ0n) is 40.7. The molecule has 0 radical (unpaired) electrons. The predicted octanol–water partition coefficient (Wildman–Crippen LogP) is -0.166. The van der Waals surface area contributed by atoms with Crippen molar-refractivity contribution in [3.8, 4) is 0 Å². The molecule has 0 bridgehead atoms. The molecule has 386 valence electrons. The highest BCUT2D eigenvalue weighted by Gasteiger charge is 2.47. The van der Waals surface area contributed by atoms with Crippen molar-refractivity contribution in [2.24, 2.45) is 5.92 Å². The third-order valence-electron chi connectivity index (χ3n) is 13.8. The lowest BCUT2D eigenvalue weighted by atomic mass is 9.95. The molecule has 71 heavy (non-hydrogen) atoms. The van der Waals surface area contributed by atoms with Crippen LogP contribution in [-0.2, 0) is 78.4 Å². The molecule has 0 saturated carbocycles. The Morgan fingerprint density at radius 3 is 2.01 bits per heavy atom. The van der Waals surface area contributed by atoms with Gasteiger partial charge < -0.3 is 45.6 Å². The van der Waals surface area contributed by atoms with Crippen LogP contribution in [0.2, 0.25) is 0 Å². The number of nitrogens with one attached hydrogen (secondary N) is 3. The lowest BCUT2D eigenvalue weighted by Crippen LogP contribution is -2.60. The zero-order valence-corrected chi connectivity index (χ0v) is 40.7. The summed E-state index contributed by atoms with van der Waals surface area (Å²) in [6, 6.07) is 7.39. The van der Waals surface area contributed by atoms with Crippen LogP contribution >= 0.6 is 0 Å². The lowest BCUT2D eigenvalue weighted by molar-refractivity contribution is -0.160. The van der Waals surface area contributed by atoms with E-state index in [1.165, 1.54) is 24.0 Å². The molecular formula is C49H66N8O14. The number of benzene rings is 2. The monoisotopic (exact) mass is 990 g/mol. The van der Waals surface area contributed by atoms with E-state index in [-0.39, 0.29) is 45.2 Å². The van der Waals surface area contributed by atoms with E-state index in [9.17, 15) is 58.5 Å². The molecule has 6 rings (SSSR count). The number of carbonyl (C=O) groups is 9. The molecule has 4 aliphatic rings. The number of methoxy groups -OCH3 is 1.